The number of nitrogens with zero attached hydrogens (tertiary/aromatic N) is 1. The van der Waals surface area contributed by atoms with Gasteiger partial charge in [0.25, 0.3) is 0 Å². The molecule has 1 atom stereocenters. The van der Waals surface area contributed by atoms with Gasteiger partial charge in [0.2, 0.25) is 10.0 Å². The first-order valence-corrected chi connectivity index (χ1v) is 6.90. The standard InChI is InChI=1S/C10H20N2O2S.ClH/c1-3-4-7-15(13,14)12(2)10(8-11)9-5-6-9;/h3,9-10H,1,4-8,11H2,2H3;1H. The predicted octanol–water partition coefficient (Wildman–Crippen LogP) is 0.983. The fraction of sp³-hybridized carbons (Fsp3) is 0.800. The van der Waals surface area contributed by atoms with Crippen LogP contribution in [0.15, 0.2) is 12.7 Å². The van der Waals surface area contributed by atoms with E-state index in [2.05, 4.69) is 6.58 Å². The normalized spacial score (nSPS) is 17.9. The van der Waals surface area contributed by atoms with Crippen LogP contribution in [0.4, 0.5) is 0 Å². The molecular formula is C10H21ClN2O2S. The van der Waals surface area contributed by atoms with Crippen molar-refractivity contribution in [1.29, 1.82) is 0 Å². The molecule has 0 aromatic rings. The molecule has 1 rings (SSSR count). The minimum absolute atomic E-state index is 0. The summed E-state index contributed by atoms with van der Waals surface area (Å²) in [6, 6.07) is -0.0141. The molecule has 1 aliphatic carbocycles. The highest BCUT2D eigenvalue weighted by Crippen LogP contribution is 2.35. The lowest BCUT2D eigenvalue weighted by molar-refractivity contribution is 0.340. The molecule has 4 nitrogen and oxygen atoms in total. The van der Waals surface area contributed by atoms with Gasteiger partial charge in [0, 0.05) is 19.6 Å². The van der Waals surface area contributed by atoms with Crippen LogP contribution in [0.5, 0.6) is 0 Å². The monoisotopic (exact) mass is 268 g/mol. The van der Waals surface area contributed by atoms with Crippen molar-refractivity contribution < 1.29 is 8.42 Å². The Balaban J connectivity index is 0.00000225. The number of nitrogens with two attached hydrogens (primary N) is 1. The van der Waals surface area contributed by atoms with Crippen LogP contribution in [-0.2, 0) is 10.0 Å². The zero-order valence-corrected chi connectivity index (χ0v) is 11.3. The molecule has 0 spiro atoms. The Morgan fingerprint density at radius 1 is 1.56 bits per heavy atom. The third-order valence-corrected chi connectivity index (χ3v) is 4.79. The molecule has 1 saturated carbocycles. The summed E-state index contributed by atoms with van der Waals surface area (Å²) in [5, 5.41) is 0. The Kier molecular flexibility index (Phi) is 6.55. The Labute approximate surface area is 104 Å². The number of sulfonamides is 1. The number of allylic oxidation sites excluding steroid dienone is 1. The summed E-state index contributed by atoms with van der Waals surface area (Å²) in [5.41, 5.74) is 5.61. The number of hydrogen-bond donors (Lipinski definition) is 1. The first-order valence-electron chi connectivity index (χ1n) is 5.29. The van der Waals surface area contributed by atoms with Gasteiger partial charge in [-0.1, -0.05) is 6.08 Å². The Bertz CT molecular complexity index is 315. The number of rotatable bonds is 7. The molecule has 0 aliphatic heterocycles. The van der Waals surface area contributed by atoms with Crippen LogP contribution in [0.2, 0.25) is 0 Å². The summed E-state index contributed by atoms with van der Waals surface area (Å²) in [7, 11) is -1.52. The van der Waals surface area contributed by atoms with Gasteiger partial charge in [0.15, 0.2) is 0 Å². The molecule has 0 saturated heterocycles. The second-order valence-corrected chi connectivity index (χ2v) is 6.20. The van der Waals surface area contributed by atoms with Gasteiger partial charge in [-0.15, -0.1) is 19.0 Å². The zero-order valence-electron chi connectivity index (χ0n) is 9.63. The van der Waals surface area contributed by atoms with E-state index in [4.69, 9.17) is 5.73 Å². The van der Waals surface area contributed by atoms with E-state index in [-0.39, 0.29) is 24.2 Å². The van der Waals surface area contributed by atoms with Crippen molar-refractivity contribution >= 4 is 22.4 Å². The number of hydrogen-bond acceptors (Lipinski definition) is 3. The zero-order chi connectivity index (χ0) is 11.5. The summed E-state index contributed by atoms with van der Waals surface area (Å²) in [6.07, 6.45) is 4.32. The first-order chi connectivity index (χ1) is 7.03. The van der Waals surface area contributed by atoms with Crippen LogP contribution in [0, 0.1) is 5.92 Å². The van der Waals surface area contributed by atoms with Crippen molar-refractivity contribution in [3.8, 4) is 0 Å². The highest BCUT2D eigenvalue weighted by Gasteiger charge is 2.37. The van der Waals surface area contributed by atoms with Crippen molar-refractivity contribution in [2.45, 2.75) is 25.3 Å². The smallest absolute Gasteiger partial charge is 0.214 e. The fourth-order valence-corrected chi connectivity index (χ4v) is 3.12. The van der Waals surface area contributed by atoms with E-state index in [9.17, 15) is 8.42 Å². The molecule has 1 fully saturated rings. The molecule has 0 aromatic carbocycles. The molecule has 0 amide bonds. The van der Waals surface area contributed by atoms with Gasteiger partial charge in [-0.05, 0) is 25.2 Å². The highest BCUT2D eigenvalue weighted by atomic mass is 35.5. The van der Waals surface area contributed by atoms with E-state index < -0.39 is 10.0 Å². The van der Waals surface area contributed by atoms with Gasteiger partial charge >= 0.3 is 0 Å². The van der Waals surface area contributed by atoms with E-state index in [1.54, 1.807) is 13.1 Å². The Morgan fingerprint density at radius 2 is 2.12 bits per heavy atom. The molecule has 0 bridgehead atoms. The number of likely N-dealkylation sites (N-methyl/N-ethyl adjacent to an activating group) is 1. The number of halogens is 1. The van der Waals surface area contributed by atoms with Crippen LogP contribution in [0.3, 0.4) is 0 Å². The third-order valence-electron chi connectivity index (χ3n) is 2.89. The lowest BCUT2D eigenvalue weighted by Gasteiger charge is -2.26. The van der Waals surface area contributed by atoms with E-state index in [1.165, 1.54) is 4.31 Å². The second kappa shape index (κ2) is 6.59. The van der Waals surface area contributed by atoms with Crippen molar-refractivity contribution in [1.82, 2.24) is 4.31 Å². The Hall–Kier alpha value is -0.100. The van der Waals surface area contributed by atoms with Gasteiger partial charge in [0.05, 0.1) is 5.75 Å². The molecule has 0 radical (unpaired) electrons. The van der Waals surface area contributed by atoms with Crippen LogP contribution >= 0.6 is 12.4 Å². The highest BCUT2D eigenvalue weighted by molar-refractivity contribution is 7.89. The lowest BCUT2D eigenvalue weighted by atomic mass is 10.2. The largest absolute Gasteiger partial charge is 0.329 e. The molecule has 1 unspecified atom stereocenters. The van der Waals surface area contributed by atoms with Gasteiger partial charge < -0.3 is 5.73 Å². The van der Waals surface area contributed by atoms with Crippen LogP contribution < -0.4 is 5.73 Å². The minimum Gasteiger partial charge on any atom is -0.329 e. The van der Waals surface area contributed by atoms with E-state index >= 15 is 0 Å². The quantitative estimate of drug-likeness (QED) is 0.700. The average Bonchev–Trinajstić information content (AvgIpc) is 3.00. The van der Waals surface area contributed by atoms with Crippen LogP contribution in [-0.4, -0.2) is 38.1 Å². The molecule has 0 heterocycles. The first kappa shape index (κ1) is 15.9. The maximum atomic E-state index is 11.8. The van der Waals surface area contributed by atoms with Gasteiger partial charge in [0.1, 0.15) is 0 Å². The summed E-state index contributed by atoms with van der Waals surface area (Å²) in [6.45, 7) is 3.94. The maximum Gasteiger partial charge on any atom is 0.214 e. The molecular weight excluding hydrogens is 248 g/mol. The predicted molar refractivity (Wildman–Crippen MR) is 69.2 cm³/mol. The molecule has 1 aliphatic rings. The van der Waals surface area contributed by atoms with Crippen LogP contribution in [0.25, 0.3) is 0 Å². The minimum atomic E-state index is -3.16. The summed E-state index contributed by atoms with van der Waals surface area (Å²) in [5.74, 6) is 0.606. The molecule has 96 valence electrons. The summed E-state index contributed by atoms with van der Waals surface area (Å²) in [4.78, 5) is 0. The molecule has 0 aromatic heterocycles. The van der Waals surface area contributed by atoms with Gasteiger partial charge in [-0.3, -0.25) is 0 Å². The summed E-state index contributed by atoms with van der Waals surface area (Å²) < 4.78 is 25.1. The third kappa shape index (κ3) is 4.05. The van der Waals surface area contributed by atoms with E-state index in [1.807, 2.05) is 0 Å². The van der Waals surface area contributed by atoms with Crippen molar-refractivity contribution in [2.75, 3.05) is 19.3 Å². The lowest BCUT2D eigenvalue weighted by Crippen LogP contribution is -2.44. The van der Waals surface area contributed by atoms with E-state index in [0.29, 0.717) is 18.9 Å². The average molecular weight is 269 g/mol. The van der Waals surface area contributed by atoms with E-state index in [0.717, 1.165) is 12.8 Å². The molecule has 16 heavy (non-hydrogen) atoms. The van der Waals surface area contributed by atoms with Gasteiger partial charge in [-0.25, -0.2) is 12.7 Å². The van der Waals surface area contributed by atoms with Crippen LogP contribution in [0.1, 0.15) is 19.3 Å². The van der Waals surface area contributed by atoms with Crippen molar-refractivity contribution in [2.24, 2.45) is 11.7 Å². The van der Waals surface area contributed by atoms with Gasteiger partial charge in [-0.2, -0.15) is 0 Å². The topological polar surface area (TPSA) is 63.4 Å². The van der Waals surface area contributed by atoms with Crippen molar-refractivity contribution in [3.63, 3.8) is 0 Å². The molecule has 6 heteroatoms. The molecule has 2 N–H and O–H groups in total. The second-order valence-electron chi connectivity index (χ2n) is 4.05. The Morgan fingerprint density at radius 3 is 2.50 bits per heavy atom. The van der Waals surface area contributed by atoms with Crippen molar-refractivity contribution in [3.05, 3.63) is 12.7 Å². The summed E-state index contributed by atoms with van der Waals surface area (Å²) >= 11 is 0. The maximum absolute atomic E-state index is 11.8. The fourth-order valence-electron chi connectivity index (χ4n) is 1.70. The SMILES string of the molecule is C=CCCS(=O)(=O)N(C)C(CN)C1CC1.Cl.